The van der Waals surface area contributed by atoms with Crippen LogP contribution in [0.25, 0.3) is 0 Å². The van der Waals surface area contributed by atoms with Gasteiger partial charge in [0.25, 0.3) is 0 Å². The zero-order chi connectivity index (χ0) is 21.0. The van der Waals surface area contributed by atoms with E-state index in [0.717, 1.165) is 17.1 Å². The van der Waals surface area contributed by atoms with Crippen LogP contribution in [-0.4, -0.2) is 79.6 Å². The molecule has 2 aliphatic heterocycles. The summed E-state index contributed by atoms with van der Waals surface area (Å²) in [6.45, 7) is 2.01. The number of carboxylic acids is 2. The van der Waals surface area contributed by atoms with Crippen LogP contribution < -0.4 is 5.32 Å². The maximum absolute atomic E-state index is 13.0. The molecule has 3 unspecified atom stereocenters. The number of thioether (sulfide) groups is 2. The Labute approximate surface area is 178 Å². The second-order valence-corrected chi connectivity index (χ2v) is 9.95. The number of fused-ring (bicyclic) bond motifs is 1. The van der Waals surface area contributed by atoms with Crippen LogP contribution in [0.5, 0.6) is 0 Å². The predicted octanol–water partition coefficient (Wildman–Crippen LogP) is 1.56. The first-order chi connectivity index (χ1) is 13.9. The van der Waals surface area contributed by atoms with Crippen LogP contribution in [0.15, 0.2) is 30.3 Å². The fraction of sp³-hybridized carbons (Fsp3) is 0.550. The van der Waals surface area contributed by atoms with E-state index in [1.165, 1.54) is 4.90 Å². The van der Waals surface area contributed by atoms with Crippen molar-refractivity contribution in [2.75, 3.05) is 18.1 Å². The van der Waals surface area contributed by atoms with Crippen LogP contribution in [0.3, 0.4) is 0 Å². The molecule has 1 aromatic carbocycles. The van der Waals surface area contributed by atoms with E-state index >= 15 is 0 Å². The van der Waals surface area contributed by atoms with Gasteiger partial charge in [-0.15, -0.1) is 0 Å². The maximum atomic E-state index is 13.0. The highest BCUT2D eigenvalue weighted by Crippen LogP contribution is 2.40. The maximum Gasteiger partial charge on any atom is 0.327 e. The van der Waals surface area contributed by atoms with Crippen LogP contribution in [-0.2, 0) is 20.8 Å². The van der Waals surface area contributed by atoms with E-state index in [9.17, 15) is 24.6 Å². The van der Waals surface area contributed by atoms with Crippen molar-refractivity contribution in [1.29, 1.82) is 0 Å². The number of nitrogens with one attached hydrogen (secondary N) is 1. The fourth-order valence-electron chi connectivity index (χ4n) is 3.88. The highest BCUT2D eigenvalue weighted by Gasteiger charge is 2.50. The zero-order valence-corrected chi connectivity index (χ0v) is 17.8. The van der Waals surface area contributed by atoms with Crippen molar-refractivity contribution in [2.24, 2.45) is 0 Å². The smallest absolute Gasteiger partial charge is 0.327 e. The molecule has 0 bridgehead atoms. The van der Waals surface area contributed by atoms with Gasteiger partial charge in [-0.25, -0.2) is 4.79 Å². The fourth-order valence-corrected chi connectivity index (χ4v) is 7.05. The molecular weight excluding hydrogens is 412 g/mol. The summed E-state index contributed by atoms with van der Waals surface area (Å²) in [6, 6.07) is 7.06. The molecule has 0 saturated carbocycles. The molecule has 0 radical (unpaired) electrons. The molecule has 158 valence electrons. The Morgan fingerprint density at radius 3 is 2.52 bits per heavy atom. The van der Waals surface area contributed by atoms with Gasteiger partial charge in [0.2, 0.25) is 5.91 Å². The van der Waals surface area contributed by atoms with Crippen molar-refractivity contribution >= 4 is 41.4 Å². The number of benzene rings is 1. The van der Waals surface area contributed by atoms with Gasteiger partial charge < -0.3 is 15.1 Å². The third kappa shape index (κ3) is 5.26. The Morgan fingerprint density at radius 2 is 1.86 bits per heavy atom. The Kier molecular flexibility index (Phi) is 7.48. The van der Waals surface area contributed by atoms with Gasteiger partial charge in [-0.2, -0.15) is 23.5 Å². The standard InChI is InChI=1S/C20H26N2O5S2/c1-12(21-14(19(24)25)8-7-13-5-3-2-4-6-13)18(23)22-11-15-17(16(22)20(26)27)29-10-9-28-15/h2-6,12,14-17,21H,7-11H2,1H3,(H,24,25)(H,26,27)/t12?,14-,15?,16+,17?/m0/s1. The van der Waals surface area contributed by atoms with Crippen LogP contribution >= 0.6 is 23.5 Å². The summed E-state index contributed by atoms with van der Waals surface area (Å²) in [7, 11) is 0. The molecule has 29 heavy (non-hydrogen) atoms. The first-order valence-corrected chi connectivity index (χ1v) is 11.8. The molecule has 0 aromatic heterocycles. The Balaban J connectivity index is 1.64. The predicted molar refractivity (Wildman–Crippen MR) is 114 cm³/mol. The normalized spacial score (nSPS) is 25.8. The first kappa shape index (κ1) is 22.0. The van der Waals surface area contributed by atoms with Gasteiger partial charge in [-0.1, -0.05) is 30.3 Å². The monoisotopic (exact) mass is 438 g/mol. The van der Waals surface area contributed by atoms with E-state index in [4.69, 9.17) is 0 Å². The van der Waals surface area contributed by atoms with Crippen molar-refractivity contribution in [3.63, 3.8) is 0 Å². The van der Waals surface area contributed by atoms with Gasteiger partial charge in [0, 0.05) is 28.6 Å². The van der Waals surface area contributed by atoms with Gasteiger partial charge in [0.1, 0.15) is 12.1 Å². The average Bonchev–Trinajstić information content (AvgIpc) is 3.10. The number of carbonyl (C=O) groups excluding carboxylic acids is 1. The number of likely N-dealkylation sites (tertiary alicyclic amines) is 1. The Bertz CT molecular complexity index is 748. The summed E-state index contributed by atoms with van der Waals surface area (Å²) in [6.07, 6.45) is 0.918. The minimum Gasteiger partial charge on any atom is -0.480 e. The van der Waals surface area contributed by atoms with Gasteiger partial charge in [0.05, 0.1) is 6.04 Å². The molecule has 0 spiro atoms. The number of amides is 1. The van der Waals surface area contributed by atoms with E-state index in [1.807, 2.05) is 30.3 Å². The minimum absolute atomic E-state index is 0.111. The first-order valence-electron chi connectivity index (χ1n) is 9.67. The van der Waals surface area contributed by atoms with Gasteiger partial charge in [-0.3, -0.25) is 14.9 Å². The molecule has 0 aliphatic carbocycles. The van der Waals surface area contributed by atoms with Crippen molar-refractivity contribution in [3.05, 3.63) is 35.9 Å². The van der Waals surface area contributed by atoms with Crippen LogP contribution in [0.4, 0.5) is 0 Å². The zero-order valence-electron chi connectivity index (χ0n) is 16.2. The summed E-state index contributed by atoms with van der Waals surface area (Å²) >= 11 is 3.34. The largest absolute Gasteiger partial charge is 0.480 e. The van der Waals surface area contributed by atoms with Gasteiger partial charge in [0.15, 0.2) is 0 Å². The molecule has 2 saturated heterocycles. The lowest BCUT2D eigenvalue weighted by molar-refractivity contribution is -0.149. The molecule has 2 aliphatic rings. The summed E-state index contributed by atoms with van der Waals surface area (Å²) in [5.74, 6) is -0.525. The molecule has 1 aromatic rings. The molecular formula is C20H26N2O5S2. The lowest BCUT2D eigenvalue weighted by atomic mass is 10.0. The highest BCUT2D eigenvalue weighted by atomic mass is 32.2. The minimum atomic E-state index is -1.02. The average molecular weight is 439 g/mol. The third-order valence-electron chi connectivity index (χ3n) is 5.34. The van der Waals surface area contributed by atoms with Crippen LogP contribution in [0.1, 0.15) is 18.9 Å². The molecule has 2 fully saturated rings. The summed E-state index contributed by atoms with van der Waals surface area (Å²) < 4.78 is 0. The van der Waals surface area contributed by atoms with Crippen molar-refractivity contribution < 1.29 is 24.6 Å². The van der Waals surface area contributed by atoms with Gasteiger partial charge in [-0.05, 0) is 25.3 Å². The summed E-state index contributed by atoms with van der Waals surface area (Å²) in [5, 5.41) is 22.2. The second kappa shape index (κ2) is 9.86. The van der Waals surface area contributed by atoms with Crippen LogP contribution in [0, 0.1) is 0 Å². The van der Waals surface area contributed by atoms with Gasteiger partial charge >= 0.3 is 11.9 Å². The lowest BCUT2D eigenvalue weighted by Gasteiger charge is -2.29. The van der Waals surface area contributed by atoms with Crippen molar-refractivity contribution in [2.45, 2.75) is 48.4 Å². The number of carbonyl (C=O) groups is 3. The van der Waals surface area contributed by atoms with Crippen LogP contribution in [0.2, 0.25) is 0 Å². The van der Waals surface area contributed by atoms with E-state index in [-0.39, 0.29) is 16.4 Å². The second-order valence-electron chi connectivity index (χ2n) is 7.32. The highest BCUT2D eigenvalue weighted by molar-refractivity contribution is 8.07. The third-order valence-corrected chi connectivity index (χ3v) is 8.49. The summed E-state index contributed by atoms with van der Waals surface area (Å²) in [4.78, 5) is 38.0. The molecule has 3 rings (SSSR count). The number of hydrogen-bond acceptors (Lipinski definition) is 6. The Morgan fingerprint density at radius 1 is 1.17 bits per heavy atom. The molecule has 7 nitrogen and oxygen atoms in total. The van der Waals surface area contributed by atoms with E-state index in [0.29, 0.717) is 19.4 Å². The molecule has 9 heteroatoms. The lowest BCUT2D eigenvalue weighted by Crippen LogP contribution is -2.54. The number of hydrogen-bond donors (Lipinski definition) is 3. The Hall–Kier alpha value is -1.71. The number of aliphatic carboxylic acids is 2. The molecule has 2 heterocycles. The molecule has 5 atom stereocenters. The number of nitrogens with zero attached hydrogens (tertiary/aromatic N) is 1. The van der Waals surface area contributed by atoms with Crippen molar-refractivity contribution in [3.8, 4) is 0 Å². The quantitative estimate of drug-likeness (QED) is 0.561. The van der Waals surface area contributed by atoms with E-state index in [1.54, 1.807) is 30.4 Å². The molecule has 1 amide bonds. The summed E-state index contributed by atoms with van der Waals surface area (Å²) in [5.41, 5.74) is 1.03. The SMILES string of the molecule is CC(N[C@@H](CCc1ccccc1)C(=O)O)C(=O)N1CC2SCCSC2[C@@H]1C(=O)O. The van der Waals surface area contributed by atoms with E-state index in [2.05, 4.69) is 5.32 Å². The molecule has 3 N–H and O–H groups in total. The number of carboxylic acid groups (broad SMARTS) is 2. The topological polar surface area (TPSA) is 107 Å². The van der Waals surface area contributed by atoms with E-state index < -0.39 is 30.1 Å². The van der Waals surface area contributed by atoms with Crippen molar-refractivity contribution in [1.82, 2.24) is 10.2 Å². The number of aryl methyl sites for hydroxylation is 1. The number of rotatable bonds is 8.